The number of phenols is 1. The highest BCUT2D eigenvalue weighted by molar-refractivity contribution is 5.65. The maximum absolute atomic E-state index is 13.3. The molecule has 0 aliphatic carbocycles. The Bertz CT molecular complexity index is 681. The summed E-state index contributed by atoms with van der Waals surface area (Å²) in [4.78, 5) is 16.8. The first-order valence-electron chi connectivity index (χ1n) is 8.35. The minimum Gasteiger partial charge on any atom is -0.505 e. The summed E-state index contributed by atoms with van der Waals surface area (Å²) in [6, 6.07) is 9.87. The molecule has 0 aromatic heterocycles. The SMILES string of the molecule is C=O.CC=O.CNC(C)(C)C.NNN.Oc1cc(-c2ccccc2F)ccc1F. The lowest BCUT2D eigenvalue weighted by Crippen LogP contribution is -2.31. The molecule has 0 amide bonds. The van der Waals surface area contributed by atoms with Crippen molar-refractivity contribution in [3.8, 4) is 16.9 Å². The number of benzene rings is 2. The fourth-order valence-corrected chi connectivity index (χ4v) is 1.38. The van der Waals surface area contributed by atoms with E-state index in [1.54, 1.807) is 23.7 Å². The van der Waals surface area contributed by atoms with Gasteiger partial charge in [0.1, 0.15) is 18.9 Å². The van der Waals surface area contributed by atoms with Gasteiger partial charge in [-0.1, -0.05) is 24.3 Å². The smallest absolute Gasteiger partial charge is 0.164 e. The number of aromatic hydroxyl groups is 1. The minimum absolute atomic E-state index is 0.292. The molecule has 0 saturated heterocycles. The normalized spacial score (nSPS) is 9.00. The van der Waals surface area contributed by atoms with Crippen LogP contribution in [0.1, 0.15) is 27.7 Å². The molecule has 7 N–H and O–H groups in total. The number of hydrogen-bond acceptors (Lipinski definition) is 7. The molecule has 0 unspecified atom stereocenters. The summed E-state index contributed by atoms with van der Waals surface area (Å²) in [6.07, 6.45) is 0.750. The summed E-state index contributed by atoms with van der Waals surface area (Å²) in [6.45, 7) is 9.84. The second-order valence-electron chi connectivity index (χ2n) is 6.05. The van der Waals surface area contributed by atoms with Crippen LogP contribution in [0.3, 0.4) is 0 Å². The van der Waals surface area contributed by atoms with Gasteiger partial charge >= 0.3 is 0 Å². The monoisotopic (exact) mass is 414 g/mol. The van der Waals surface area contributed by atoms with Gasteiger partial charge in [0.2, 0.25) is 0 Å². The molecule has 9 heteroatoms. The average Bonchev–Trinajstić information content (AvgIpc) is 2.67. The van der Waals surface area contributed by atoms with Gasteiger partial charge in [-0.25, -0.2) is 8.78 Å². The number of aldehydes is 1. The summed E-state index contributed by atoms with van der Waals surface area (Å²) < 4.78 is 26.1. The van der Waals surface area contributed by atoms with Gasteiger partial charge in [-0.3, -0.25) is 11.7 Å². The number of carbonyl (C=O) groups is 2. The van der Waals surface area contributed by atoms with E-state index in [-0.39, 0.29) is 0 Å². The van der Waals surface area contributed by atoms with Crippen LogP contribution in [0.2, 0.25) is 0 Å². The molecule has 2 rings (SSSR count). The Balaban J connectivity index is -0.000000403. The van der Waals surface area contributed by atoms with Crippen LogP contribution in [0, 0.1) is 11.6 Å². The molecule has 0 bridgehead atoms. The topological polar surface area (TPSA) is 130 Å². The Labute approximate surface area is 171 Å². The zero-order chi connectivity index (χ0) is 23.5. The van der Waals surface area contributed by atoms with Gasteiger partial charge in [0.05, 0.1) is 0 Å². The summed E-state index contributed by atoms with van der Waals surface area (Å²) in [7, 11) is 1.96. The number of nitrogens with two attached hydrogens (primary N) is 2. The summed E-state index contributed by atoms with van der Waals surface area (Å²) in [5.41, 5.74) is 2.83. The second kappa shape index (κ2) is 18.6. The first-order valence-corrected chi connectivity index (χ1v) is 8.35. The van der Waals surface area contributed by atoms with E-state index in [2.05, 4.69) is 37.8 Å². The number of hydrogen-bond donors (Lipinski definition) is 5. The predicted molar refractivity (Wildman–Crippen MR) is 113 cm³/mol. The van der Waals surface area contributed by atoms with Crippen LogP contribution in [-0.4, -0.2) is 30.8 Å². The lowest BCUT2D eigenvalue weighted by atomic mass is 10.0. The van der Waals surface area contributed by atoms with Crippen molar-refractivity contribution in [2.45, 2.75) is 33.2 Å². The standard InChI is InChI=1S/C12H8F2O.C5H13N.C2H4O.CH2O.H5N3/c13-10-4-2-1-3-9(10)8-5-6-11(14)12(15)7-8;1-5(2,3)6-4;1-2-3;1-2;1-3-2/h1-7,15H;6H,1-4H3;2H,1H3;1H2;3H,1-2H2. The van der Waals surface area contributed by atoms with Gasteiger partial charge in [0.15, 0.2) is 11.6 Å². The molecule has 0 radical (unpaired) electrons. The number of rotatable bonds is 1. The van der Waals surface area contributed by atoms with Crippen LogP contribution in [-0.2, 0) is 9.59 Å². The van der Waals surface area contributed by atoms with Crippen molar-refractivity contribution in [2.24, 2.45) is 11.7 Å². The van der Waals surface area contributed by atoms with Crippen LogP contribution in [0.15, 0.2) is 42.5 Å². The fraction of sp³-hybridized carbons (Fsp3) is 0.300. The molecule has 7 nitrogen and oxygen atoms in total. The Kier molecular flexibility index (Phi) is 19.9. The molecule has 0 aliphatic rings. The summed E-state index contributed by atoms with van der Waals surface area (Å²) >= 11 is 0. The third-order valence-electron chi connectivity index (χ3n) is 2.88. The second-order valence-corrected chi connectivity index (χ2v) is 6.05. The van der Waals surface area contributed by atoms with E-state index in [4.69, 9.17) is 14.7 Å². The van der Waals surface area contributed by atoms with Gasteiger partial charge in [-0.2, -0.15) is 5.53 Å². The first kappa shape index (κ1) is 31.0. The maximum atomic E-state index is 13.3. The van der Waals surface area contributed by atoms with E-state index in [1.807, 2.05) is 13.8 Å². The van der Waals surface area contributed by atoms with Gasteiger partial charge in [0, 0.05) is 11.1 Å². The van der Waals surface area contributed by atoms with Crippen molar-refractivity contribution in [3.63, 3.8) is 0 Å². The molecular formula is C20H32F2N4O3. The van der Waals surface area contributed by atoms with Crippen molar-refractivity contribution in [1.82, 2.24) is 10.9 Å². The fourth-order valence-electron chi connectivity index (χ4n) is 1.38. The average molecular weight is 414 g/mol. The van der Waals surface area contributed by atoms with Crippen LogP contribution in [0.25, 0.3) is 11.1 Å². The van der Waals surface area contributed by atoms with Crippen molar-refractivity contribution >= 4 is 13.1 Å². The Hall–Kier alpha value is -2.72. The van der Waals surface area contributed by atoms with E-state index in [0.29, 0.717) is 16.7 Å². The van der Waals surface area contributed by atoms with E-state index in [0.717, 1.165) is 12.4 Å². The van der Waals surface area contributed by atoms with E-state index >= 15 is 0 Å². The number of hydrazine groups is 2. The molecule has 164 valence electrons. The van der Waals surface area contributed by atoms with Crippen LogP contribution in [0.4, 0.5) is 8.78 Å². The number of nitrogens with one attached hydrogen (secondary N) is 2. The lowest BCUT2D eigenvalue weighted by Gasteiger charge is -2.15. The first-order chi connectivity index (χ1) is 13.6. The van der Waals surface area contributed by atoms with Crippen LogP contribution < -0.4 is 22.5 Å². The maximum Gasteiger partial charge on any atom is 0.164 e. The van der Waals surface area contributed by atoms with Crippen LogP contribution >= 0.6 is 0 Å². The highest BCUT2D eigenvalue weighted by Gasteiger charge is 2.06. The molecule has 2 aromatic rings. The number of halogens is 2. The van der Waals surface area contributed by atoms with E-state index in [9.17, 15) is 8.78 Å². The molecule has 2 aromatic carbocycles. The van der Waals surface area contributed by atoms with Crippen molar-refractivity contribution in [1.29, 1.82) is 0 Å². The molecule has 0 aliphatic heterocycles. The highest BCUT2D eigenvalue weighted by atomic mass is 19.1. The van der Waals surface area contributed by atoms with Gasteiger partial charge in [-0.15, -0.1) is 0 Å². The molecule has 0 atom stereocenters. The van der Waals surface area contributed by atoms with Crippen molar-refractivity contribution in [3.05, 3.63) is 54.1 Å². The lowest BCUT2D eigenvalue weighted by molar-refractivity contribution is -0.106. The zero-order valence-corrected chi connectivity index (χ0v) is 17.5. The Morgan fingerprint density at radius 1 is 1.03 bits per heavy atom. The Morgan fingerprint density at radius 2 is 1.45 bits per heavy atom. The van der Waals surface area contributed by atoms with E-state index in [1.165, 1.54) is 25.1 Å². The molecular weight excluding hydrogens is 382 g/mol. The summed E-state index contributed by atoms with van der Waals surface area (Å²) in [5, 5.41) is 12.3. The molecule has 0 fully saturated rings. The zero-order valence-electron chi connectivity index (χ0n) is 17.5. The predicted octanol–water partition coefficient (Wildman–Crippen LogP) is 2.69. The third kappa shape index (κ3) is 17.1. The van der Waals surface area contributed by atoms with Gasteiger partial charge in [0.25, 0.3) is 0 Å². The number of phenolic OH excluding ortho intramolecular Hbond substituents is 1. The minimum atomic E-state index is -0.713. The molecule has 0 spiro atoms. The molecule has 29 heavy (non-hydrogen) atoms. The largest absolute Gasteiger partial charge is 0.505 e. The molecule has 0 heterocycles. The van der Waals surface area contributed by atoms with Gasteiger partial charge < -0.3 is 20.0 Å². The summed E-state index contributed by atoms with van der Waals surface area (Å²) in [5.74, 6) is 7.16. The number of carbonyl (C=O) groups excluding carboxylic acids is 2. The van der Waals surface area contributed by atoms with Gasteiger partial charge in [-0.05, 0) is 58.5 Å². The van der Waals surface area contributed by atoms with E-state index < -0.39 is 17.4 Å². The van der Waals surface area contributed by atoms with Crippen LogP contribution in [0.5, 0.6) is 5.75 Å². The van der Waals surface area contributed by atoms with Crippen molar-refractivity contribution in [2.75, 3.05) is 7.05 Å². The molecule has 0 saturated carbocycles. The Morgan fingerprint density at radius 3 is 1.79 bits per heavy atom. The third-order valence-corrected chi connectivity index (χ3v) is 2.88. The highest BCUT2D eigenvalue weighted by Crippen LogP contribution is 2.27. The quantitative estimate of drug-likeness (QED) is 0.275. The van der Waals surface area contributed by atoms with Crippen molar-refractivity contribution < 1.29 is 23.5 Å².